The summed E-state index contributed by atoms with van der Waals surface area (Å²) >= 11 is 3.45. The maximum absolute atomic E-state index is 5.73. The lowest BCUT2D eigenvalue weighted by Crippen LogP contribution is -2.34. The number of rotatable bonds is 3. The third-order valence-corrected chi connectivity index (χ3v) is 3.10. The van der Waals surface area contributed by atoms with E-state index in [0.717, 1.165) is 10.0 Å². The van der Waals surface area contributed by atoms with Crippen LogP contribution >= 0.6 is 15.9 Å². The van der Waals surface area contributed by atoms with Gasteiger partial charge >= 0.3 is 0 Å². The second kappa shape index (κ2) is 4.43. The molecule has 0 radical (unpaired) electrons. The largest absolute Gasteiger partial charge is 0.372 e. The lowest BCUT2D eigenvalue weighted by atomic mass is 9.92. The van der Waals surface area contributed by atoms with E-state index in [9.17, 15) is 0 Å². The van der Waals surface area contributed by atoms with E-state index in [-0.39, 0.29) is 0 Å². The second-order valence-corrected chi connectivity index (χ2v) is 4.51. The van der Waals surface area contributed by atoms with Crippen molar-refractivity contribution in [1.82, 2.24) is 0 Å². The van der Waals surface area contributed by atoms with Crippen molar-refractivity contribution in [3.63, 3.8) is 0 Å². The van der Waals surface area contributed by atoms with Crippen LogP contribution in [0.3, 0.4) is 0 Å². The van der Waals surface area contributed by atoms with Gasteiger partial charge in [0.15, 0.2) is 0 Å². The fourth-order valence-corrected chi connectivity index (χ4v) is 1.83. The molecule has 1 aromatic rings. The van der Waals surface area contributed by atoms with Gasteiger partial charge in [-0.05, 0) is 37.1 Å². The lowest BCUT2D eigenvalue weighted by Gasteiger charge is -2.28. The second-order valence-electron chi connectivity index (χ2n) is 3.60. The Morgan fingerprint density at radius 2 is 2.14 bits per heavy atom. The van der Waals surface area contributed by atoms with Gasteiger partial charge in [0.25, 0.3) is 0 Å². The molecule has 1 unspecified atom stereocenters. The molecule has 78 valence electrons. The molecule has 0 spiro atoms. The van der Waals surface area contributed by atoms with Crippen LogP contribution in [-0.4, -0.2) is 13.7 Å². The Morgan fingerprint density at radius 1 is 1.50 bits per heavy atom. The summed E-state index contributed by atoms with van der Waals surface area (Å²) in [6, 6.07) is 6.14. The van der Waals surface area contributed by atoms with E-state index in [0.29, 0.717) is 6.54 Å². The molecule has 1 aromatic carbocycles. The van der Waals surface area contributed by atoms with Crippen molar-refractivity contribution in [2.45, 2.75) is 19.4 Å². The molecule has 0 fully saturated rings. The summed E-state index contributed by atoms with van der Waals surface area (Å²) in [5.74, 6) is 0. The summed E-state index contributed by atoms with van der Waals surface area (Å²) in [6.07, 6.45) is 0. The van der Waals surface area contributed by atoms with Crippen LogP contribution < -0.4 is 5.73 Å². The summed E-state index contributed by atoms with van der Waals surface area (Å²) in [5.41, 5.74) is 7.67. The Kier molecular flexibility index (Phi) is 3.70. The number of benzene rings is 1. The molecule has 0 bridgehead atoms. The van der Waals surface area contributed by atoms with Crippen LogP contribution in [0.5, 0.6) is 0 Å². The average Bonchev–Trinajstić information content (AvgIpc) is 2.20. The normalized spacial score (nSPS) is 15.2. The highest BCUT2D eigenvalue weighted by Gasteiger charge is 2.26. The molecule has 2 nitrogen and oxygen atoms in total. The van der Waals surface area contributed by atoms with E-state index in [4.69, 9.17) is 10.5 Å². The van der Waals surface area contributed by atoms with Crippen LogP contribution in [0.15, 0.2) is 22.7 Å². The van der Waals surface area contributed by atoms with Crippen LogP contribution in [0.4, 0.5) is 0 Å². The molecule has 0 aliphatic rings. The number of hydrogen-bond acceptors (Lipinski definition) is 2. The van der Waals surface area contributed by atoms with Gasteiger partial charge in [-0.15, -0.1) is 0 Å². The average molecular weight is 258 g/mol. The van der Waals surface area contributed by atoms with Crippen LogP contribution in [-0.2, 0) is 10.3 Å². The highest BCUT2D eigenvalue weighted by atomic mass is 79.9. The molecule has 1 rings (SSSR count). The predicted octanol–water partition coefficient (Wildman–Crippen LogP) is 2.58. The van der Waals surface area contributed by atoms with Crippen LogP contribution in [0, 0.1) is 6.92 Å². The molecule has 1 atom stereocenters. The SMILES string of the molecule is COC(C)(CN)c1cc(Br)ccc1C. The molecule has 0 saturated heterocycles. The molecule has 0 aliphatic carbocycles. The van der Waals surface area contributed by atoms with Crippen LogP contribution in [0.25, 0.3) is 0 Å². The first-order valence-corrected chi connectivity index (χ1v) is 5.34. The van der Waals surface area contributed by atoms with Gasteiger partial charge in [0.2, 0.25) is 0 Å². The monoisotopic (exact) mass is 257 g/mol. The van der Waals surface area contributed by atoms with Crippen LogP contribution in [0.2, 0.25) is 0 Å². The van der Waals surface area contributed by atoms with Gasteiger partial charge in [-0.2, -0.15) is 0 Å². The quantitative estimate of drug-likeness (QED) is 0.904. The number of methoxy groups -OCH3 is 1. The summed E-state index contributed by atoms with van der Waals surface area (Å²) in [5, 5.41) is 0. The summed E-state index contributed by atoms with van der Waals surface area (Å²) < 4.78 is 6.51. The minimum absolute atomic E-state index is 0.395. The van der Waals surface area contributed by atoms with Crippen molar-refractivity contribution in [2.75, 3.05) is 13.7 Å². The minimum Gasteiger partial charge on any atom is -0.372 e. The third kappa shape index (κ3) is 2.16. The Bertz CT molecular complexity index is 321. The third-order valence-electron chi connectivity index (χ3n) is 2.61. The molecule has 0 amide bonds. The predicted molar refractivity (Wildman–Crippen MR) is 62.3 cm³/mol. The van der Waals surface area contributed by atoms with E-state index < -0.39 is 5.60 Å². The standard InChI is InChI=1S/C11H16BrNO/c1-8-4-5-9(12)6-10(8)11(2,7-13)14-3/h4-6H,7,13H2,1-3H3. The number of nitrogens with two attached hydrogens (primary N) is 1. The number of hydrogen-bond donors (Lipinski definition) is 1. The highest BCUT2D eigenvalue weighted by molar-refractivity contribution is 9.10. The first-order chi connectivity index (χ1) is 6.53. The van der Waals surface area contributed by atoms with Gasteiger partial charge in [0, 0.05) is 18.1 Å². The van der Waals surface area contributed by atoms with Crippen molar-refractivity contribution >= 4 is 15.9 Å². The molecular weight excluding hydrogens is 242 g/mol. The fraction of sp³-hybridized carbons (Fsp3) is 0.455. The van der Waals surface area contributed by atoms with Crippen molar-refractivity contribution < 1.29 is 4.74 Å². The Morgan fingerprint density at radius 3 is 2.64 bits per heavy atom. The molecule has 0 aliphatic heterocycles. The fourth-order valence-electron chi connectivity index (χ4n) is 1.47. The van der Waals surface area contributed by atoms with Crippen molar-refractivity contribution in [3.8, 4) is 0 Å². The first-order valence-electron chi connectivity index (χ1n) is 4.55. The molecular formula is C11H16BrNO. The highest BCUT2D eigenvalue weighted by Crippen LogP contribution is 2.28. The zero-order valence-electron chi connectivity index (χ0n) is 8.80. The van der Waals surface area contributed by atoms with E-state index in [2.05, 4.69) is 35.0 Å². The number of halogens is 1. The number of aryl methyl sites for hydroxylation is 1. The smallest absolute Gasteiger partial charge is 0.102 e. The van der Waals surface area contributed by atoms with Gasteiger partial charge in [-0.25, -0.2) is 0 Å². The topological polar surface area (TPSA) is 35.2 Å². The Labute approximate surface area is 93.6 Å². The van der Waals surface area contributed by atoms with Crippen LogP contribution in [0.1, 0.15) is 18.1 Å². The van der Waals surface area contributed by atoms with Crippen molar-refractivity contribution in [2.24, 2.45) is 5.73 Å². The molecule has 0 saturated carbocycles. The first kappa shape index (κ1) is 11.7. The summed E-state index contributed by atoms with van der Waals surface area (Å²) in [4.78, 5) is 0. The summed E-state index contributed by atoms with van der Waals surface area (Å²) in [7, 11) is 1.69. The zero-order chi connectivity index (χ0) is 10.8. The van der Waals surface area contributed by atoms with Gasteiger partial charge in [-0.1, -0.05) is 22.0 Å². The molecule has 0 heterocycles. The van der Waals surface area contributed by atoms with Gasteiger partial charge in [0.05, 0.1) is 0 Å². The van der Waals surface area contributed by atoms with Crippen molar-refractivity contribution in [3.05, 3.63) is 33.8 Å². The lowest BCUT2D eigenvalue weighted by molar-refractivity contribution is 0.00952. The number of ether oxygens (including phenoxy) is 1. The zero-order valence-corrected chi connectivity index (χ0v) is 10.4. The Hall–Kier alpha value is -0.380. The molecule has 14 heavy (non-hydrogen) atoms. The van der Waals surface area contributed by atoms with E-state index in [1.165, 1.54) is 5.56 Å². The maximum Gasteiger partial charge on any atom is 0.102 e. The van der Waals surface area contributed by atoms with Crippen molar-refractivity contribution in [1.29, 1.82) is 0 Å². The van der Waals surface area contributed by atoms with E-state index in [1.54, 1.807) is 7.11 Å². The van der Waals surface area contributed by atoms with Gasteiger partial charge in [0.1, 0.15) is 5.60 Å². The maximum atomic E-state index is 5.73. The van der Waals surface area contributed by atoms with E-state index >= 15 is 0 Å². The molecule has 0 aromatic heterocycles. The molecule has 2 N–H and O–H groups in total. The Balaban J connectivity index is 3.22. The van der Waals surface area contributed by atoms with E-state index in [1.807, 2.05) is 13.0 Å². The molecule has 3 heteroatoms. The minimum atomic E-state index is -0.395. The van der Waals surface area contributed by atoms with Gasteiger partial charge in [-0.3, -0.25) is 0 Å². The summed E-state index contributed by atoms with van der Waals surface area (Å²) in [6.45, 7) is 4.54. The van der Waals surface area contributed by atoms with Gasteiger partial charge < -0.3 is 10.5 Å².